The Balaban J connectivity index is 2.06. The van der Waals surface area contributed by atoms with Gasteiger partial charge in [0.15, 0.2) is 0 Å². The predicted octanol–water partition coefficient (Wildman–Crippen LogP) is 3.27. The summed E-state index contributed by atoms with van der Waals surface area (Å²) < 4.78 is 0. The zero-order valence-corrected chi connectivity index (χ0v) is 13.0. The van der Waals surface area contributed by atoms with Crippen LogP contribution >= 0.6 is 0 Å². The minimum absolute atomic E-state index is 0.519. The van der Waals surface area contributed by atoms with E-state index in [1.807, 2.05) is 0 Å². The molecule has 0 aromatic carbocycles. The molecule has 18 heavy (non-hydrogen) atoms. The first-order valence-electron chi connectivity index (χ1n) is 7.95. The summed E-state index contributed by atoms with van der Waals surface area (Å²) in [6.45, 7) is 14.5. The van der Waals surface area contributed by atoms with E-state index in [4.69, 9.17) is 0 Å². The summed E-state index contributed by atoms with van der Waals surface area (Å²) in [5.74, 6) is 0.796. The Labute approximate surface area is 114 Å². The average molecular weight is 252 g/mol. The van der Waals surface area contributed by atoms with Gasteiger partial charge >= 0.3 is 0 Å². The first kappa shape index (κ1) is 14.3. The number of nitrogens with zero attached hydrogens (tertiary/aromatic N) is 1. The Hall–Kier alpha value is -0.0800. The van der Waals surface area contributed by atoms with Crippen LogP contribution in [0.2, 0.25) is 0 Å². The molecule has 2 fully saturated rings. The Bertz CT molecular complexity index is 274. The molecule has 4 atom stereocenters. The van der Waals surface area contributed by atoms with Crippen LogP contribution in [0.15, 0.2) is 0 Å². The zero-order valence-electron chi connectivity index (χ0n) is 13.0. The van der Waals surface area contributed by atoms with Gasteiger partial charge in [-0.15, -0.1) is 0 Å². The van der Waals surface area contributed by atoms with Crippen LogP contribution in [0.4, 0.5) is 0 Å². The summed E-state index contributed by atoms with van der Waals surface area (Å²) in [4.78, 5) is 2.82. The highest BCUT2D eigenvalue weighted by atomic mass is 15.3. The quantitative estimate of drug-likeness (QED) is 0.829. The highest BCUT2D eigenvalue weighted by Crippen LogP contribution is 2.41. The van der Waals surface area contributed by atoms with Gasteiger partial charge in [0.05, 0.1) is 0 Å². The van der Waals surface area contributed by atoms with Crippen molar-refractivity contribution >= 4 is 0 Å². The monoisotopic (exact) mass is 252 g/mol. The zero-order chi connectivity index (χ0) is 13.3. The molecule has 0 spiro atoms. The van der Waals surface area contributed by atoms with Crippen molar-refractivity contribution in [3.05, 3.63) is 0 Å². The Kier molecular flexibility index (Phi) is 4.38. The van der Waals surface area contributed by atoms with Crippen molar-refractivity contribution in [3.8, 4) is 0 Å². The maximum absolute atomic E-state index is 3.76. The van der Waals surface area contributed by atoms with Crippen molar-refractivity contribution in [3.63, 3.8) is 0 Å². The lowest BCUT2D eigenvalue weighted by Crippen LogP contribution is -2.61. The van der Waals surface area contributed by atoms with Crippen LogP contribution < -0.4 is 5.32 Å². The summed E-state index contributed by atoms with van der Waals surface area (Å²) in [7, 11) is 0. The maximum atomic E-state index is 3.76. The van der Waals surface area contributed by atoms with Gasteiger partial charge in [0.1, 0.15) is 0 Å². The fourth-order valence-corrected chi connectivity index (χ4v) is 3.93. The molecule has 4 unspecified atom stereocenters. The van der Waals surface area contributed by atoms with E-state index in [9.17, 15) is 0 Å². The van der Waals surface area contributed by atoms with Crippen molar-refractivity contribution in [1.82, 2.24) is 10.2 Å². The molecule has 0 amide bonds. The van der Waals surface area contributed by atoms with Crippen LogP contribution in [0, 0.1) is 11.3 Å². The first-order valence-corrected chi connectivity index (χ1v) is 7.95. The molecule has 1 saturated heterocycles. The molecule has 1 saturated carbocycles. The van der Waals surface area contributed by atoms with Crippen LogP contribution in [0.5, 0.6) is 0 Å². The second kappa shape index (κ2) is 5.50. The topological polar surface area (TPSA) is 15.3 Å². The molecule has 0 aromatic rings. The highest BCUT2D eigenvalue weighted by molar-refractivity contribution is 4.97. The van der Waals surface area contributed by atoms with E-state index < -0.39 is 0 Å². The molecule has 2 rings (SSSR count). The highest BCUT2D eigenvalue weighted by Gasteiger charge is 2.42. The third-order valence-electron chi connectivity index (χ3n) is 5.58. The van der Waals surface area contributed by atoms with E-state index in [1.165, 1.54) is 38.8 Å². The molecule has 1 aliphatic carbocycles. The molecule has 106 valence electrons. The van der Waals surface area contributed by atoms with E-state index in [1.54, 1.807) is 0 Å². The lowest BCUT2D eigenvalue weighted by atomic mass is 9.84. The van der Waals surface area contributed by atoms with Crippen molar-refractivity contribution in [2.75, 3.05) is 13.1 Å². The molecule has 2 nitrogen and oxygen atoms in total. The molecular weight excluding hydrogens is 220 g/mol. The van der Waals surface area contributed by atoms with Crippen LogP contribution in [0.1, 0.15) is 60.3 Å². The molecule has 0 bridgehead atoms. The number of piperazine rings is 1. The van der Waals surface area contributed by atoms with E-state index >= 15 is 0 Å². The van der Waals surface area contributed by atoms with E-state index in [-0.39, 0.29) is 0 Å². The molecule has 2 aliphatic rings. The lowest BCUT2D eigenvalue weighted by Gasteiger charge is -2.47. The molecule has 0 radical (unpaired) electrons. The second-order valence-electron chi connectivity index (χ2n) is 7.34. The minimum Gasteiger partial charge on any atom is -0.311 e. The Morgan fingerprint density at radius 3 is 2.67 bits per heavy atom. The van der Waals surface area contributed by atoms with E-state index in [0.29, 0.717) is 17.5 Å². The number of rotatable bonds is 3. The van der Waals surface area contributed by atoms with Crippen molar-refractivity contribution in [2.24, 2.45) is 11.3 Å². The SMILES string of the molecule is CCC(C)C1CN(C2CCCC2(C)C)C(C)CN1. The summed E-state index contributed by atoms with van der Waals surface area (Å²) in [6.07, 6.45) is 5.52. The Morgan fingerprint density at radius 2 is 2.11 bits per heavy atom. The molecular formula is C16H32N2. The summed E-state index contributed by atoms with van der Waals surface area (Å²) in [5, 5.41) is 3.76. The average Bonchev–Trinajstić information content (AvgIpc) is 2.68. The number of hydrogen-bond donors (Lipinski definition) is 1. The van der Waals surface area contributed by atoms with Gasteiger partial charge in [0, 0.05) is 31.2 Å². The van der Waals surface area contributed by atoms with Gasteiger partial charge in [-0.3, -0.25) is 4.90 Å². The van der Waals surface area contributed by atoms with Gasteiger partial charge in [-0.25, -0.2) is 0 Å². The van der Waals surface area contributed by atoms with Crippen molar-refractivity contribution in [1.29, 1.82) is 0 Å². The molecule has 1 N–H and O–H groups in total. The summed E-state index contributed by atoms with van der Waals surface area (Å²) in [6, 6.07) is 2.21. The smallest absolute Gasteiger partial charge is 0.0221 e. The van der Waals surface area contributed by atoms with Crippen LogP contribution in [-0.4, -0.2) is 36.1 Å². The van der Waals surface area contributed by atoms with Crippen LogP contribution in [0.25, 0.3) is 0 Å². The van der Waals surface area contributed by atoms with Crippen LogP contribution in [-0.2, 0) is 0 Å². The molecule has 1 heterocycles. The van der Waals surface area contributed by atoms with E-state index in [0.717, 1.165) is 12.0 Å². The summed E-state index contributed by atoms with van der Waals surface area (Å²) >= 11 is 0. The lowest BCUT2D eigenvalue weighted by molar-refractivity contribution is 0.0324. The Morgan fingerprint density at radius 1 is 1.39 bits per heavy atom. The summed E-state index contributed by atoms with van der Waals surface area (Å²) in [5.41, 5.74) is 0.519. The minimum atomic E-state index is 0.519. The van der Waals surface area contributed by atoms with Crippen LogP contribution in [0.3, 0.4) is 0 Å². The number of hydrogen-bond acceptors (Lipinski definition) is 2. The van der Waals surface area contributed by atoms with Gasteiger partial charge in [0.25, 0.3) is 0 Å². The fourth-order valence-electron chi connectivity index (χ4n) is 3.93. The van der Waals surface area contributed by atoms with Crippen molar-refractivity contribution in [2.45, 2.75) is 78.4 Å². The van der Waals surface area contributed by atoms with Gasteiger partial charge < -0.3 is 5.32 Å². The third-order valence-corrected chi connectivity index (χ3v) is 5.58. The third kappa shape index (κ3) is 2.75. The van der Waals surface area contributed by atoms with E-state index in [2.05, 4.69) is 44.8 Å². The first-order chi connectivity index (χ1) is 8.45. The molecule has 1 aliphatic heterocycles. The standard InChI is InChI=1S/C16H32N2/c1-6-12(2)14-11-18(13(3)10-17-14)15-8-7-9-16(15,4)5/h12-15,17H,6-11H2,1-5H3. The molecule has 0 aromatic heterocycles. The fraction of sp³-hybridized carbons (Fsp3) is 1.00. The van der Waals surface area contributed by atoms with Crippen molar-refractivity contribution < 1.29 is 0 Å². The maximum Gasteiger partial charge on any atom is 0.0221 e. The van der Waals surface area contributed by atoms with Gasteiger partial charge in [-0.05, 0) is 31.1 Å². The normalized spacial score (nSPS) is 38.8. The predicted molar refractivity (Wildman–Crippen MR) is 78.8 cm³/mol. The van der Waals surface area contributed by atoms with Gasteiger partial charge in [-0.2, -0.15) is 0 Å². The molecule has 2 heteroatoms. The largest absolute Gasteiger partial charge is 0.311 e. The van der Waals surface area contributed by atoms with Gasteiger partial charge in [0.2, 0.25) is 0 Å². The second-order valence-corrected chi connectivity index (χ2v) is 7.34. The number of nitrogens with one attached hydrogen (secondary N) is 1. The van der Waals surface area contributed by atoms with Gasteiger partial charge in [-0.1, -0.05) is 40.5 Å².